The molecule has 1 atom stereocenters. The van der Waals surface area contributed by atoms with Crippen LogP contribution < -0.4 is 5.32 Å². The van der Waals surface area contributed by atoms with Gasteiger partial charge in [-0.1, -0.05) is 20.8 Å². The number of H-pyrrole nitrogens is 1. The van der Waals surface area contributed by atoms with Crippen LogP contribution in [0.25, 0.3) is 0 Å². The number of hydrogen-bond donors (Lipinski definition) is 3. The molecule has 0 saturated carbocycles. The third-order valence-electron chi connectivity index (χ3n) is 2.78. The number of aliphatic hydroxyl groups excluding tert-OH is 1. The van der Waals surface area contributed by atoms with Gasteiger partial charge in [0.25, 0.3) is 5.91 Å². The van der Waals surface area contributed by atoms with Crippen LogP contribution in [0.5, 0.6) is 0 Å². The van der Waals surface area contributed by atoms with E-state index < -0.39 is 0 Å². The minimum Gasteiger partial charge on any atom is -0.393 e. The molecule has 0 spiro atoms. The zero-order valence-corrected chi connectivity index (χ0v) is 11.6. The monoisotopic (exact) mass is 253 g/mol. The summed E-state index contributed by atoms with van der Waals surface area (Å²) < 4.78 is 0. The van der Waals surface area contributed by atoms with Crippen molar-refractivity contribution < 1.29 is 9.90 Å². The number of rotatable bonds is 6. The summed E-state index contributed by atoms with van der Waals surface area (Å²) in [5.74, 6) is 0.657. The van der Waals surface area contributed by atoms with Crippen LogP contribution in [0.2, 0.25) is 0 Å². The summed E-state index contributed by atoms with van der Waals surface area (Å²) >= 11 is 0. The normalized spacial score (nSPS) is 13.4. The average molecular weight is 253 g/mol. The van der Waals surface area contributed by atoms with E-state index in [9.17, 15) is 9.90 Å². The molecule has 0 aliphatic rings. The highest BCUT2D eigenvalue weighted by molar-refractivity contribution is 5.92. The summed E-state index contributed by atoms with van der Waals surface area (Å²) in [4.78, 5) is 18.9. The maximum Gasteiger partial charge on any atom is 0.269 e. The Kier molecular flexibility index (Phi) is 4.90. The van der Waals surface area contributed by atoms with E-state index in [2.05, 4.69) is 15.3 Å². The van der Waals surface area contributed by atoms with Crippen molar-refractivity contribution in [2.75, 3.05) is 6.54 Å². The van der Waals surface area contributed by atoms with Gasteiger partial charge in [0.1, 0.15) is 11.5 Å². The number of carbonyl (C=O) groups excluding carboxylic acids is 1. The van der Waals surface area contributed by atoms with Gasteiger partial charge in [-0.25, -0.2) is 4.98 Å². The first-order chi connectivity index (χ1) is 8.34. The molecule has 0 radical (unpaired) electrons. The molecular formula is C13H23N3O2. The van der Waals surface area contributed by atoms with Gasteiger partial charge in [-0.15, -0.1) is 0 Å². The Morgan fingerprint density at radius 2 is 2.28 bits per heavy atom. The SMILES string of the molecule is CCc1ncc(C(=O)NCC(C)(C)CC(C)O)[nH]1. The fourth-order valence-corrected chi connectivity index (χ4v) is 1.94. The molecule has 5 heteroatoms. The third-order valence-corrected chi connectivity index (χ3v) is 2.78. The molecule has 1 unspecified atom stereocenters. The Hall–Kier alpha value is -1.36. The number of amides is 1. The lowest BCUT2D eigenvalue weighted by Gasteiger charge is -2.26. The molecule has 1 heterocycles. The number of nitrogens with one attached hydrogen (secondary N) is 2. The summed E-state index contributed by atoms with van der Waals surface area (Å²) in [6, 6.07) is 0. The lowest BCUT2D eigenvalue weighted by atomic mass is 9.87. The van der Waals surface area contributed by atoms with Gasteiger partial charge < -0.3 is 15.4 Å². The molecule has 18 heavy (non-hydrogen) atoms. The van der Waals surface area contributed by atoms with Gasteiger partial charge >= 0.3 is 0 Å². The van der Waals surface area contributed by atoms with E-state index in [-0.39, 0.29) is 17.4 Å². The first-order valence-corrected chi connectivity index (χ1v) is 6.34. The highest BCUT2D eigenvalue weighted by atomic mass is 16.3. The first kappa shape index (κ1) is 14.7. The standard InChI is InChI=1S/C13H23N3O2/c1-5-11-14-7-10(16-11)12(18)15-8-13(3,4)6-9(2)17/h7,9,17H,5-6,8H2,1-4H3,(H,14,16)(H,15,18). The number of aliphatic hydroxyl groups is 1. The Morgan fingerprint density at radius 3 is 2.78 bits per heavy atom. The summed E-state index contributed by atoms with van der Waals surface area (Å²) in [6.07, 6.45) is 2.61. The van der Waals surface area contributed by atoms with Gasteiger partial charge in [-0.05, 0) is 18.8 Å². The second-order valence-corrected chi connectivity index (χ2v) is 5.50. The summed E-state index contributed by atoms with van der Waals surface area (Å²) in [7, 11) is 0. The van der Waals surface area contributed by atoms with Gasteiger partial charge in [0.05, 0.1) is 12.3 Å². The van der Waals surface area contributed by atoms with E-state index >= 15 is 0 Å². The second-order valence-electron chi connectivity index (χ2n) is 5.50. The number of imidazole rings is 1. The molecule has 0 bridgehead atoms. The van der Waals surface area contributed by atoms with E-state index in [1.165, 1.54) is 0 Å². The number of nitrogens with zero attached hydrogens (tertiary/aromatic N) is 1. The predicted octanol–water partition coefficient (Wildman–Crippen LogP) is 1.50. The fraction of sp³-hybridized carbons (Fsp3) is 0.692. The minimum absolute atomic E-state index is 0.128. The van der Waals surface area contributed by atoms with E-state index in [0.29, 0.717) is 18.7 Å². The van der Waals surface area contributed by atoms with E-state index in [0.717, 1.165) is 12.2 Å². The van der Waals surface area contributed by atoms with Crippen molar-refractivity contribution in [2.45, 2.75) is 46.6 Å². The van der Waals surface area contributed by atoms with Gasteiger partial charge in [-0.3, -0.25) is 4.79 Å². The molecule has 1 aromatic rings. The number of aryl methyl sites for hydroxylation is 1. The van der Waals surface area contributed by atoms with Crippen LogP contribution in [0.1, 0.15) is 50.4 Å². The smallest absolute Gasteiger partial charge is 0.269 e. The van der Waals surface area contributed by atoms with Crippen molar-refractivity contribution >= 4 is 5.91 Å². The van der Waals surface area contributed by atoms with Crippen molar-refractivity contribution in [1.29, 1.82) is 0 Å². The van der Waals surface area contributed by atoms with Crippen LogP contribution in [-0.2, 0) is 6.42 Å². The van der Waals surface area contributed by atoms with Gasteiger partial charge in [0.2, 0.25) is 0 Å². The average Bonchev–Trinajstić information content (AvgIpc) is 2.72. The van der Waals surface area contributed by atoms with Crippen LogP contribution >= 0.6 is 0 Å². The van der Waals surface area contributed by atoms with E-state index in [1.807, 2.05) is 20.8 Å². The zero-order valence-electron chi connectivity index (χ0n) is 11.6. The van der Waals surface area contributed by atoms with Crippen molar-refractivity contribution in [3.63, 3.8) is 0 Å². The third kappa shape index (κ3) is 4.49. The number of hydrogen-bond acceptors (Lipinski definition) is 3. The van der Waals surface area contributed by atoms with Crippen LogP contribution in [0.15, 0.2) is 6.20 Å². The van der Waals surface area contributed by atoms with Gasteiger partial charge in [-0.2, -0.15) is 0 Å². The summed E-state index contributed by atoms with van der Waals surface area (Å²) in [5.41, 5.74) is 0.358. The molecule has 1 amide bonds. The predicted molar refractivity (Wildman–Crippen MR) is 70.4 cm³/mol. The zero-order chi connectivity index (χ0) is 13.8. The van der Waals surface area contributed by atoms with Crippen LogP contribution in [0.4, 0.5) is 0 Å². The molecule has 0 aliphatic carbocycles. The Bertz CT molecular complexity index is 397. The molecule has 0 aromatic carbocycles. The number of aromatic nitrogens is 2. The van der Waals surface area contributed by atoms with Gasteiger partial charge in [0, 0.05) is 13.0 Å². The topological polar surface area (TPSA) is 78.0 Å². The molecular weight excluding hydrogens is 230 g/mol. The van der Waals surface area contributed by atoms with Crippen LogP contribution in [0.3, 0.4) is 0 Å². The van der Waals surface area contributed by atoms with Gasteiger partial charge in [0.15, 0.2) is 0 Å². The minimum atomic E-state index is -0.365. The lowest BCUT2D eigenvalue weighted by molar-refractivity contribution is 0.0897. The molecule has 3 N–H and O–H groups in total. The number of aromatic amines is 1. The molecule has 1 aromatic heterocycles. The molecule has 102 valence electrons. The first-order valence-electron chi connectivity index (χ1n) is 6.34. The molecule has 1 rings (SSSR count). The van der Waals surface area contributed by atoms with E-state index in [4.69, 9.17) is 0 Å². The van der Waals surface area contributed by atoms with Crippen LogP contribution in [0, 0.1) is 5.41 Å². The fourth-order valence-electron chi connectivity index (χ4n) is 1.94. The quantitative estimate of drug-likeness (QED) is 0.719. The van der Waals surface area contributed by atoms with E-state index in [1.54, 1.807) is 13.1 Å². The Morgan fingerprint density at radius 1 is 1.61 bits per heavy atom. The van der Waals surface area contributed by atoms with Crippen molar-refractivity contribution in [2.24, 2.45) is 5.41 Å². The van der Waals surface area contributed by atoms with Crippen LogP contribution in [-0.4, -0.2) is 33.6 Å². The highest BCUT2D eigenvalue weighted by Gasteiger charge is 2.21. The van der Waals surface area contributed by atoms with Crippen molar-refractivity contribution in [1.82, 2.24) is 15.3 Å². The summed E-state index contributed by atoms with van der Waals surface area (Å²) in [6.45, 7) is 8.30. The Balaban J connectivity index is 2.50. The largest absolute Gasteiger partial charge is 0.393 e. The van der Waals surface area contributed by atoms with Crippen molar-refractivity contribution in [3.05, 3.63) is 17.7 Å². The molecule has 0 saturated heterocycles. The second kappa shape index (κ2) is 6.00. The molecule has 0 aliphatic heterocycles. The maximum absolute atomic E-state index is 11.9. The molecule has 0 fully saturated rings. The summed E-state index contributed by atoms with van der Waals surface area (Å²) in [5, 5.41) is 12.2. The number of carbonyl (C=O) groups is 1. The highest BCUT2D eigenvalue weighted by Crippen LogP contribution is 2.21. The molecule has 5 nitrogen and oxygen atoms in total. The van der Waals surface area contributed by atoms with Crippen molar-refractivity contribution in [3.8, 4) is 0 Å². The maximum atomic E-state index is 11.9. The Labute approximate surface area is 108 Å². The lowest BCUT2D eigenvalue weighted by Crippen LogP contribution is -2.35.